The van der Waals surface area contributed by atoms with Crippen LogP contribution in [0.2, 0.25) is 0 Å². The van der Waals surface area contributed by atoms with Gasteiger partial charge in [0, 0.05) is 55.2 Å². The number of aromatic nitrogens is 2. The number of carbonyl (C=O) groups excluding carboxylic acids is 1. The fraction of sp³-hybridized carbons (Fsp3) is 0.550. The number of pyridine rings is 1. The molecule has 2 atom stereocenters. The van der Waals surface area contributed by atoms with Crippen molar-refractivity contribution in [1.82, 2.24) is 19.4 Å². The Morgan fingerprint density at radius 1 is 1.32 bits per heavy atom. The van der Waals surface area contributed by atoms with Crippen molar-refractivity contribution in [2.75, 3.05) is 32.9 Å². The monoisotopic (exact) mass is 401 g/mol. The molecular formula is C20H27N5O2S. The lowest BCUT2D eigenvalue weighted by atomic mass is 9.82. The summed E-state index contributed by atoms with van der Waals surface area (Å²) in [5.74, 6) is 0.756. The van der Waals surface area contributed by atoms with Gasteiger partial charge in [-0.2, -0.15) is 0 Å². The fourth-order valence-corrected chi connectivity index (χ4v) is 5.08. The van der Waals surface area contributed by atoms with E-state index in [9.17, 15) is 9.59 Å². The number of rotatable bonds is 5. The topological polar surface area (TPSA) is 84.5 Å². The number of anilines is 1. The standard InChI is InChI=1S/C20H27N5O2S/c1-23(2)10-14-3-5-17-15-7-13(9-25(17)19(14)27)8-24(11-15)18(26)6-4-16-12-28-20(21)22-16/h3,5,12-13,15H,4,6-11H2,1-2H3,(H2,21,22)/t13-,15+/m0/s1. The number of aryl methyl sites for hydroxylation is 1. The molecule has 7 nitrogen and oxygen atoms in total. The van der Waals surface area contributed by atoms with Crippen LogP contribution in [-0.2, 0) is 24.3 Å². The van der Waals surface area contributed by atoms with Gasteiger partial charge in [-0.3, -0.25) is 9.59 Å². The van der Waals surface area contributed by atoms with Crippen LogP contribution in [-0.4, -0.2) is 52.4 Å². The maximum atomic E-state index is 12.9. The quantitative estimate of drug-likeness (QED) is 0.821. The minimum absolute atomic E-state index is 0.127. The number of carbonyl (C=O) groups is 1. The molecule has 150 valence electrons. The second-order valence-electron chi connectivity index (χ2n) is 8.21. The summed E-state index contributed by atoms with van der Waals surface area (Å²) < 4.78 is 1.96. The molecule has 2 aromatic rings. The average molecular weight is 402 g/mol. The Hall–Kier alpha value is -2.19. The molecule has 1 saturated heterocycles. The van der Waals surface area contributed by atoms with Gasteiger partial charge in [0.2, 0.25) is 5.91 Å². The first-order valence-corrected chi connectivity index (χ1v) is 10.6. The highest BCUT2D eigenvalue weighted by atomic mass is 32.1. The van der Waals surface area contributed by atoms with Gasteiger partial charge >= 0.3 is 0 Å². The lowest BCUT2D eigenvalue weighted by Gasteiger charge is -2.43. The van der Waals surface area contributed by atoms with E-state index in [0.29, 0.717) is 43.5 Å². The molecule has 1 fully saturated rings. The van der Waals surface area contributed by atoms with Crippen LogP contribution in [0.1, 0.15) is 35.7 Å². The van der Waals surface area contributed by atoms with Crippen molar-refractivity contribution in [2.45, 2.75) is 38.3 Å². The number of piperidine rings is 1. The lowest BCUT2D eigenvalue weighted by Crippen LogP contribution is -2.49. The summed E-state index contributed by atoms with van der Waals surface area (Å²) in [6.45, 7) is 2.79. The van der Waals surface area contributed by atoms with E-state index in [1.54, 1.807) is 0 Å². The van der Waals surface area contributed by atoms with Gasteiger partial charge in [-0.25, -0.2) is 4.98 Å². The molecule has 2 aromatic heterocycles. The molecule has 2 aliphatic heterocycles. The van der Waals surface area contributed by atoms with Gasteiger partial charge in [0.05, 0.1) is 5.69 Å². The van der Waals surface area contributed by atoms with Crippen LogP contribution in [0, 0.1) is 5.92 Å². The minimum Gasteiger partial charge on any atom is -0.375 e. The first-order chi connectivity index (χ1) is 13.4. The first-order valence-electron chi connectivity index (χ1n) is 9.75. The Kier molecular flexibility index (Phi) is 5.25. The number of amides is 1. The molecule has 1 amide bonds. The van der Waals surface area contributed by atoms with Gasteiger partial charge in [-0.15, -0.1) is 11.3 Å². The SMILES string of the molecule is CN(C)Cc1ccc2n(c1=O)C[C@H]1C[C@@H]2CN(C(=O)CCc2csc(N)n2)C1. The van der Waals surface area contributed by atoms with E-state index < -0.39 is 0 Å². The van der Waals surface area contributed by atoms with E-state index in [0.717, 1.165) is 29.9 Å². The Morgan fingerprint density at radius 2 is 2.14 bits per heavy atom. The van der Waals surface area contributed by atoms with Crippen molar-refractivity contribution < 1.29 is 4.79 Å². The molecule has 8 heteroatoms. The highest BCUT2D eigenvalue weighted by Crippen LogP contribution is 2.35. The third-order valence-electron chi connectivity index (χ3n) is 5.69. The van der Waals surface area contributed by atoms with Gasteiger partial charge in [-0.05, 0) is 38.9 Å². The zero-order valence-electron chi connectivity index (χ0n) is 16.4. The van der Waals surface area contributed by atoms with E-state index >= 15 is 0 Å². The predicted molar refractivity (Wildman–Crippen MR) is 110 cm³/mol. The molecule has 2 bridgehead atoms. The van der Waals surface area contributed by atoms with Crippen LogP contribution in [0.15, 0.2) is 22.3 Å². The van der Waals surface area contributed by atoms with Crippen molar-refractivity contribution in [3.8, 4) is 0 Å². The summed E-state index contributed by atoms with van der Waals surface area (Å²) in [5, 5.41) is 2.47. The number of nitrogens with zero attached hydrogens (tertiary/aromatic N) is 4. The largest absolute Gasteiger partial charge is 0.375 e. The van der Waals surface area contributed by atoms with Crippen molar-refractivity contribution in [3.05, 3.63) is 44.8 Å². The lowest BCUT2D eigenvalue weighted by molar-refractivity contribution is -0.133. The molecule has 4 heterocycles. The molecule has 0 radical (unpaired) electrons. The van der Waals surface area contributed by atoms with Gasteiger partial charge in [-0.1, -0.05) is 6.07 Å². The second kappa shape index (κ2) is 7.67. The molecule has 0 unspecified atom stereocenters. The van der Waals surface area contributed by atoms with Crippen LogP contribution in [0.3, 0.4) is 0 Å². The summed E-state index contributed by atoms with van der Waals surface area (Å²) in [7, 11) is 3.95. The first kappa shape index (κ1) is 19.1. The zero-order chi connectivity index (χ0) is 19.8. The molecule has 0 aromatic carbocycles. The second-order valence-corrected chi connectivity index (χ2v) is 9.10. The van der Waals surface area contributed by atoms with Gasteiger partial charge in [0.25, 0.3) is 5.56 Å². The van der Waals surface area contributed by atoms with Crippen LogP contribution < -0.4 is 11.3 Å². The summed E-state index contributed by atoms with van der Waals surface area (Å²) in [4.78, 5) is 33.9. The molecular weight excluding hydrogens is 374 g/mol. The maximum absolute atomic E-state index is 12.9. The number of likely N-dealkylation sites (tertiary alicyclic amines) is 1. The van der Waals surface area contributed by atoms with Crippen molar-refractivity contribution in [1.29, 1.82) is 0 Å². The van der Waals surface area contributed by atoms with E-state index in [-0.39, 0.29) is 17.4 Å². The van der Waals surface area contributed by atoms with Crippen LogP contribution >= 0.6 is 11.3 Å². The summed E-state index contributed by atoms with van der Waals surface area (Å²) >= 11 is 1.41. The summed E-state index contributed by atoms with van der Waals surface area (Å²) in [5.41, 5.74) is 8.59. The third kappa shape index (κ3) is 3.84. The molecule has 0 saturated carbocycles. The number of nitrogen functional groups attached to an aromatic ring is 1. The van der Waals surface area contributed by atoms with Gasteiger partial charge in [0.15, 0.2) is 5.13 Å². The third-order valence-corrected chi connectivity index (χ3v) is 6.41. The highest BCUT2D eigenvalue weighted by Gasteiger charge is 2.36. The Balaban J connectivity index is 1.47. The van der Waals surface area contributed by atoms with Crippen LogP contribution in [0.4, 0.5) is 5.13 Å². The van der Waals surface area contributed by atoms with Gasteiger partial charge < -0.3 is 20.1 Å². The number of hydrogen-bond acceptors (Lipinski definition) is 6. The van der Waals surface area contributed by atoms with Crippen molar-refractivity contribution >= 4 is 22.4 Å². The fourth-order valence-electron chi connectivity index (χ4n) is 4.49. The average Bonchev–Trinajstić information content (AvgIpc) is 3.07. The molecule has 0 aliphatic carbocycles. The Bertz CT molecular complexity index is 935. The van der Waals surface area contributed by atoms with Crippen LogP contribution in [0.5, 0.6) is 0 Å². The van der Waals surface area contributed by atoms with E-state index in [1.807, 2.05) is 39.9 Å². The Morgan fingerprint density at radius 3 is 2.86 bits per heavy atom. The van der Waals surface area contributed by atoms with E-state index in [2.05, 4.69) is 11.1 Å². The Labute approximate surface area is 168 Å². The predicted octanol–water partition coefficient (Wildman–Crippen LogP) is 1.53. The molecule has 28 heavy (non-hydrogen) atoms. The van der Waals surface area contributed by atoms with Crippen LogP contribution in [0.25, 0.3) is 0 Å². The van der Waals surface area contributed by atoms with Gasteiger partial charge in [0.1, 0.15) is 0 Å². The minimum atomic E-state index is 0.127. The number of nitrogens with two attached hydrogens (primary N) is 1. The summed E-state index contributed by atoms with van der Waals surface area (Å²) in [6.07, 6.45) is 2.14. The molecule has 4 rings (SSSR count). The highest BCUT2D eigenvalue weighted by molar-refractivity contribution is 7.13. The number of fused-ring (bicyclic) bond motifs is 4. The molecule has 2 aliphatic rings. The van der Waals surface area contributed by atoms with E-state index in [4.69, 9.17) is 5.73 Å². The summed E-state index contributed by atoms with van der Waals surface area (Å²) in [6, 6.07) is 4.05. The van der Waals surface area contributed by atoms with Crippen molar-refractivity contribution in [3.63, 3.8) is 0 Å². The zero-order valence-corrected chi connectivity index (χ0v) is 17.2. The molecule has 2 N–H and O–H groups in total. The van der Waals surface area contributed by atoms with Crippen molar-refractivity contribution in [2.24, 2.45) is 5.92 Å². The number of thiazole rings is 1. The smallest absolute Gasteiger partial charge is 0.255 e. The molecule has 0 spiro atoms. The normalized spacial score (nSPS) is 21.0. The van der Waals surface area contributed by atoms with E-state index in [1.165, 1.54) is 11.3 Å². The number of hydrogen-bond donors (Lipinski definition) is 1. The maximum Gasteiger partial charge on any atom is 0.255 e.